The highest BCUT2D eigenvalue weighted by Crippen LogP contribution is 2.30. The van der Waals surface area contributed by atoms with Crippen molar-refractivity contribution in [3.63, 3.8) is 0 Å². The smallest absolute Gasteiger partial charge is 0.353 e. The Bertz CT molecular complexity index is 676. The van der Waals surface area contributed by atoms with Gasteiger partial charge in [0.2, 0.25) is 11.8 Å². The van der Waals surface area contributed by atoms with E-state index in [2.05, 4.69) is 10.6 Å². The first-order valence-electron chi connectivity index (χ1n) is 8.25. The Kier molecular flexibility index (Phi) is 6.22. The van der Waals surface area contributed by atoms with Gasteiger partial charge in [-0.1, -0.05) is 6.07 Å². The van der Waals surface area contributed by atoms with E-state index in [-0.39, 0.29) is 30.5 Å². The summed E-state index contributed by atoms with van der Waals surface area (Å²) in [4.78, 5) is 26.0. The fraction of sp³-hybridized carbons (Fsp3) is 0.529. The molecule has 1 aliphatic heterocycles. The number of nitrogens with zero attached hydrogens (tertiary/aromatic N) is 1. The van der Waals surface area contributed by atoms with Crippen molar-refractivity contribution >= 4 is 11.8 Å². The van der Waals surface area contributed by atoms with Gasteiger partial charge in [0.05, 0.1) is 18.0 Å². The number of halogens is 4. The van der Waals surface area contributed by atoms with Crippen LogP contribution in [0.4, 0.5) is 17.6 Å². The molecular formula is C17H21F4N3O2. The fourth-order valence-electron chi connectivity index (χ4n) is 2.87. The SMILES string of the molecule is CC(C)N1CCNC(=O)C1CC(=O)NCc1ccc(C(F)(F)F)cc1F. The fourth-order valence-corrected chi connectivity index (χ4v) is 2.87. The van der Waals surface area contributed by atoms with Crippen LogP contribution in [0.1, 0.15) is 31.4 Å². The van der Waals surface area contributed by atoms with E-state index in [1.165, 1.54) is 0 Å². The van der Waals surface area contributed by atoms with Crippen LogP contribution in [0.3, 0.4) is 0 Å². The Morgan fingerprint density at radius 1 is 1.38 bits per heavy atom. The molecule has 1 heterocycles. The zero-order valence-corrected chi connectivity index (χ0v) is 14.5. The summed E-state index contributed by atoms with van der Waals surface area (Å²) in [5.41, 5.74) is -1.14. The second-order valence-electron chi connectivity index (χ2n) is 6.42. The lowest BCUT2D eigenvalue weighted by Crippen LogP contribution is -2.58. The van der Waals surface area contributed by atoms with Crippen LogP contribution in [0.5, 0.6) is 0 Å². The number of amides is 2. The van der Waals surface area contributed by atoms with Crippen LogP contribution in [0.2, 0.25) is 0 Å². The first kappa shape index (κ1) is 20.2. The number of nitrogens with one attached hydrogen (secondary N) is 2. The summed E-state index contributed by atoms with van der Waals surface area (Å²) in [6.45, 7) is 4.71. The van der Waals surface area contributed by atoms with E-state index >= 15 is 0 Å². The van der Waals surface area contributed by atoms with Crippen molar-refractivity contribution < 1.29 is 27.2 Å². The molecule has 0 radical (unpaired) electrons. The van der Waals surface area contributed by atoms with Crippen LogP contribution in [-0.4, -0.2) is 41.9 Å². The number of hydrogen-bond acceptors (Lipinski definition) is 3. The van der Waals surface area contributed by atoms with Gasteiger partial charge >= 0.3 is 6.18 Å². The van der Waals surface area contributed by atoms with Gasteiger partial charge in [0.1, 0.15) is 5.82 Å². The van der Waals surface area contributed by atoms with Gasteiger partial charge in [0.15, 0.2) is 0 Å². The number of benzene rings is 1. The van der Waals surface area contributed by atoms with Crippen LogP contribution >= 0.6 is 0 Å². The molecule has 1 saturated heterocycles. The minimum absolute atomic E-state index is 0.0554. The van der Waals surface area contributed by atoms with E-state index < -0.39 is 29.5 Å². The minimum Gasteiger partial charge on any atom is -0.353 e. The largest absolute Gasteiger partial charge is 0.416 e. The third kappa shape index (κ3) is 4.94. The van der Waals surface area contributed by atoms with Crippen molar-refractivity contribution in [3.8, 4) is 0 Å². The maximum Gasteiger partial charge on any atom is 0.416 e. The molecule has 2 rings (SSSR count). The first-order valence-corrected chi connectivity index (χ1v) is 8.25. The number of hydrogen-bond donors (Lipinski definition) is 2. The van der Waals surface area contributed by atoms with Crippen LogP contribution in [-0.2, 0) is 22.3 Å². The number of rotatable bonds is 5. The third-order valence-corrected chi connectivity index (χ3v) is 4.27. The first-order chi connectivity index (χ1) is 12.1. The van der Waals surface area contributed by atoms with Crippen molar-refractivity contribution in [1.82, 2.24) is 15.5 Å². The summed E-state index contributed by atoms with van der Waals surface area (Å²) in [6.07, 6.45) is -4.73. The van der Waals surface area contributed by atoms with Gasteiger partial charge in [-0.15, -0.1) is 0 Å². The Labute approximate surface area is 148 Å². The summed E-state index contributed by atoms with van der Waals surface area (Å²) in [5, 5.41) is 5.16. The van der Waals surface area contributed by atoms with Crippen molar-refractivity contribution in [2.24, 2.45) is 0 Å². The molecule has 0 saturated carbocycles. The van der Waals surface area contributed by atoms with Crippen molar-refractivity contribution in [1.29, 1.82) is 0 Å². The maximum absolute atomic E-state index is 13.8. The van der Waals surface area contributed by atoms with Gasteiger partial charge < -0.3 is 10.6 Å². The second-order valence-corrected chi connectivity index (χ2v) is 6.42. The van der Waals surface area contributed by atoms with Crippen molar-refractivity contribution in [2.75, 3.05) is 13.1 Å². The molecule has 1 aromatic carbocycles. The van der Waals surface area contributed by atoms with E-state index in [0.717, 1.165) is 12.1 Å². The number of carbonyl (C=O) groups excluding carboxylic acids is 2. The molecule has 1 atom stereocenters. The van der Waals surface area contributed by atoms with E-state index in [9.17, 15) is 27.2 Å². The second kappa shape index (κ2) is 8.03. The maximum atomic E-state index is 13.8. The topological polar surface area (TPSA) is 61.4 Å². The molecule has 2 amide bonds. The van der Waals surface area contributed by atoms with Crippen LogP contribution in [0.25, 0.3) is 0 Å². The Hall–Kier alpha value is -2.16. The average Bonchev–Trinajstić information content (AvgIpc) is 2.54. The number of piperazine rings is 1. The predicted octanol–water partition coefficient (Wildman–Crippen LogP) is 2.06. The highest BCUT2D eigenvalue weighted by Gasteiger charge is 2.33. The molecule has 144 valence electrons. The predicted molar refractivity (Wildman–Crippen MR) is 86.5 cm³/mol. The monoisotopic (exact) mass is 375 g/mol. The van der Waals surface area contributed by atoms with Gasteiger partial charge in [0, 0.05) is 31.2 Å². The minimum atomic E-state index is -4.63. The molecule has 1 fully saturated rings. The van der Waals surface area contributed by atoms with Gasteiger partial charge in [-0.25, -0.2) is 4.39 Å². The standard InChI is InChI=1S/C17H21F4N3O2/c1-10(2)24-6-5-22-16(26)14(24)8-15(25)23-9-11-3-4-12(7-13(11)18)17(19,20)21/h3-4,7,10,14H,5-6,8-9H2,1-2H3,(H,22,26)(H,23,25). The van der Waals surface area contributed by atoms with E-state index in [4.69, 9.17) is 0 Å². The van der Waals surface area contributed by atoms with Gasteiger partial charge in [0.25, 0.3) is 0 Å². The average molecular weight is 375 g/mol. The lowest BCUT2D eigenvalue weighted by Gasteiger charge is -2.37. The lowest BCUT2D eigenvalue weighted by molar-refractivity contribution is -0.137. The molecule has 0 aliphatic carbocycles. The Balaban J connectivity index is 1.97. The zero-order chi connectivity index (χ0) is 19.5. The summed E-state index contributed by atoms with van der Waals surface area (Å²) in [5.74, 6) is -1.77. The highest BCUT2D eigenvalue weighted by molar-refractivity contribution is 5.88. The Morgan fingerprint density at radius 3 is 2.65 bits per heavy atom. The van der Waals surface area contributed by atoms with Gasteiger partial charge in [-0.2, -0.15) is 13.2 Å². The molecule has 1 unspecified atom stereocenters. The van der Waals surface area contributed by atoms with Crippen molar-refractivity contribution in [2.45, 2.75) is 45.1 Å². The highest BCUT2D eigenvalue weighted by atomic mass is 19.4. The van der Waals surface area contributed by atoms with Crippen LogP contribution < -0.4 is 10.6 Å². The number of alkyl halides is 3. The van der Waals surface area contributed by atoms with Gasteiger partial charge in [-0.3, -0.25) is 14.5 Å². The van der Waals surface area contributed by atoms with Gasteiger partial charge in [-0.05, 0) is 26.0 Å². The number of carbonyl (C=O) groups is 2. The Morgan fingerprint density at radius 2 is 2.08 bits per heavy atom. The molecular weight excluding hydrogens is 354 g/mol. The zero-order valence-electron chi connectivity index (χ0n) is 14.5. The van der Waals surface area contributed by atoms with Crippen LogP contribution in [0.15, 0.2) is 18.2 Å². The molecule has 1 aromatic rings. The summed E-state index contributed by atoms with van der Waals surface area (Å²) in [7, 11) is 0. The van der Waals surface area contributed by atoms with Crippen molar-refractivity contribution in [3.05, 3.63) is 35.1 Å². The lowest BCUT2D eigenvalue weighted by atomic mass is 10.1. The molecule has 2 N–H and O–H groups in total. The molecule has 26 heavy (non-hydrogen) atoms. The molecule has 0 aromatic heterocycles. The summed E-state index contributed by atoms with van der Waals surface area (Å²) in [6, 6.07) is 1.61. The summed E-state index contributed by atoms with van der Waals surface area (Å²) < 4.78 is 51.4. The van der Waals surface area contributed by atoms with E-state index in [0.29, 0.717) is 19.2 Å². The molecule has 1 aliphatic rings. The molecule has 0 bridgehead atoms. The van der Waals surface area contributed by atoms with E-state index in [1.54, 1.807) is 0 Å². The summed E-state index contributed by atoms with van der Waals surface area (Å²) >= 11 is 0. The third-order valence-electron chi connectivity index (χ3n) is 4.27. The molecule has 9 heteroatoms. The van der Waals surface area contributed by atoms with Crippen LogP contribution in [0, 0.1) is 5.82 Å². The molecule has 0 spiro atoms. The van der Waals surface area contributed by atoms with E-state index in [1.807, 2.05) is 18.7 Å². The quantitative estimate of drug-likeness (QED) is 0.775. The molecule has 5 nitrogen and oxygen atoms in total. The normalized spacial score (nSPS) is 18.7.